The molecule has 10 heteroatoms. The van der Waals surface area contributed by atoms with Gasteiger partial charge in [-0.25, -0.2) is 9.59 Å². The SMILES string of the molecule is CNCc1cccc(-c2ccc(O)cc2C2=C3C(=O)OC(=C[C@H](CCO)Cc4ccccc4)[C@]34CC[C@@H]2[C@H]2CCC3=C(C(=O)OC3=CC[C@H](CO)[C@H]3CCN[C@H](NC)C3)[C@@H]24)c1. The number of carbonyl (C=O) groups excluding carboxylic acids is 2. The quantitative estimate of drug-likeness (QED) is 0.0946. The van der Waals surface area contributed by atoms with Crippen LogP contribution in [-0.2, 0) is 32.0 Å². The number of phenolic OH excluding ortho intramolecular Hbond substituents is 1. The highest BCUT2D eigenvalue weighted by Gasteiger charge is 2.68. The molecule has 3 fully saturated rings. The van der Waals surface area contributed by atoms with Gasteiger partial charge in [0, 0.05) is 36.8 Å². The summed E-state index contributed by atoms with van der Waals surface area (Å²) < 4.78 is 12.8. The summed E-state index contributed by atoms with van der Waals surface area (Å²) in [7, 11) is 3.87. The predicted molar refractivity (Wildman–Crippen MR) is 234 cm³/mol. The molecule has 0 unspecified atom stereocenters. The minimum atomic E-state index is -0.951. The van der Waals surface area contributed by atoms with E-state index in [1.165, 1.54) is 0 Å². The fourth-order valence-corrected chi connectivity index (χ4v) is 12.1. The molecular formula is C51H59N3O7. The lowest BCUT2D eigenvalue weighted by Crippen LogP contribution is -2.52. The third kappa shape index (κ3) is 7.50. The van der Waals surface area contributed by atoms with Gasteiger partial charge in [0.05, 0.1) is 17.2 Å². The average Bonchev–Trinajstić information content (AvgIpc) is 3.76. The molecule has 0 radical (unpaired) electrons. The molecule has 3 aliphatic heterocycles. The number of aliphatic hydroxyl groups is 2. The average molecular weight is 826 g/mol. The van der Waals surface area contributed by atoms with Crippen molar-refractivity contribution >= 4 is 17.5 Å². The number of fused-ring (bicyclic) bond motifs is 1. The minimum Gasteiger partial charge on any atom is -0.508 e. The number of benzene rings is 3. The number of carbonyl (C=O) groups is 2. The van der Waals surface area contributed by atoms with Crippen LogP contribution in [0.15, 0.2) is 113 Å². The second-order valence-corrected chi connectivity index (χ2v) is 18.0. The molecule has 10 nitrogen and oxygen atoms in total. The molecule has 0 amide bonds. The van der Waals surface area contributed by atoms with E-state index in [1.807, 2.05) is 56.6 Å². The maximum atomic E-state index is 14.9. The van der Waals surface area contributed by atoms with E-state index >= 15 is 0 Å². The number of piperidine rings is 1. The van der Waals surface area contributed by atoms with Crippen molar-refractivity contribution in [2.24, 2.45) is 40.9 Å². The number of ether oxygens (including phenoxy) is 2. The number of hydrogen-bond donors (Lipinski definition) is 6. The van der Waals surface area contributed by atoms with Gasteiger partial charge < -0.3 is 40.7 Å². The van der Waals surface area contributed by atoms with Crippen molar-refractivity contribution in [1.82, 2.24) is 16.0 Å². The number of phenols is 1. The van der Waals surface area contributed by atoms with Crippen molar-refractivity contribution in [1.29, 1.82) is 0 Å². The Morgan fingerprint density at radius 2 is 1.75 bits per heavy atom. The largest absolute Gasteiger partial charge is 0.508 e. The predicted octanol–water partition coefficient (Wildman–Crippen LogP) is 6.93. The number of hydrogen-bond acceptors (Lipinski definition) is 10. The first kappa shape index (κ1) is 41.5. The van der Waals surface area contributed by atoms with E-state index in [4.69, 9.17) is 9.47 Å². The van der Waals surface area contributed by atoms with Gasteiger partial charge in [-0.3, -0.25) is 0 Å². The maximum absolute atomic E-state index is 14.9. The summed E-state index contributed by atoms with van der Waals surface area (Å²) in [4.78, 5) is 29.3. The summed E-state index contributed by atoms with van der Waals surface area (Å²) in [5, 5.41) is 42.1. The highest BCUT2D eigenvalue weighted by molar-refractivity contribution is 6.07. The van der Waals surface area contributed by atoms with Crippen LogP contribution >= 0.6 is 0 Å². The van der Waals surface area contributed by atoms with E-state index in [9.17, 15) is 24.9 Å². The van der Waals surface area contributed by atoms with Crippen LogP contribution in [0.1, 0.15) is 68.1 Å². The van der Waals surface area contributed by atoms with Gasteiger partial charge in [-0.1, -0.05) is 54.6 Å². The van der Waals surface area contributed by atoms with Crippen LogP contribution < -0.4 is 16.0 Å². The zero-order valence-corrected chi connectivity index (χ0v) is 35.3. The third-order valence-electron chi connectivity index (χ3n) is 14.8. The molecule has 320 valence electrons. The molecule has 4 aliphatic carbocycles. The lowest BCUT2D eigenvalue weighted by Gasteiger charge is -2.56. The van der Waals surface area contributed by atoms with Gasteiger partial charge >= 0.3 is 11.9 Å². The van der Waals surface area contributed by atoms with Crippen molar-refractivity contribution in [3.8, 4) is 16.9 Å². The molecule has 8 atom stereocenters. The Hall–Kier alpha value is -4.84. The van der Waals surface area contributed by atoms with E-state index < -0.39 is 11.4 Å². The van der Waals surface area contributed by atoms with Crippen molar-refractivity contribution in [3.63, 3.8) is 0 Å². The van der Waals surface area contributed by atoms with Crippen LogP contribution in [0.4, 0.5) is 0 Å². The normalized spacial score (nSPS) is 29.1. The molecule has 0 aromatic heterocycles. The van der Waals surface area contributed by atoms with Gasteiger partial charge in [-0.15, -0.1) is 0 Å². The summed E-state index contributed by atoms with van der Waals surface area (Å²) in [5.41, 5.74) is 7.10. The van der Waals surface area contributed by atoms with E-state index in [0.29, 0.717) is 67.2 Å². The van der Waals surface area contributed by atoms with Crippen molar-refractivity contribution in [3.05, 3.63) is 130 Å². The summed E-state index contributed by atoms with van der Waals surface area (Å²) in [5.74, 6) is 0.317. The van der Waals surface area contributed by atoms with Crippen molar-refractivity contribution in [2.45, 2.75) is 70.5 Å². The molecule has 2 saturated heterocycles. The zero-order valence-electron chi connectivity index (χ0n) is 35.3. The maximum Gasteiger partial charge on any atom is 0.340 e. The van der Waals surface area contributed by atoms with E-state index in [2.05, 4.69) is 52.4 Å². The van der Waals surface area contributed by atoms with Gasteiger partial charge in [0.1, 0.15) is 17.3 Å². The zero-order chi connectivity index (χ0) is 42.3. The molecule has 61 heavy (non-hydrogen) atoms. The minimum absolute atomic E-state index is 0.00527. The third-order valence-corrected chi connectivity index (χ3v) is 14.8. The number of rotatable bonds is 14. The van der Waals surface area contributed by atoms with Crippen molar-refractivity contribution < 1.29 is 34.4 Å². The number of esters is 2. The Bertz CT molecular complexity index is 2300. The van der Waals surface area contributed by atoms with Gasteiger partial charge in [0.15, 0.2) is 0 Å². The Kier molecular flexibility index (Phi) is 11.9. The summed E-state index contributed by atoms with van der Waals surface area (Å²) >= 11 is 0. The molecule has 3 aromatic carbocycles. The summed E-state index contributed by atoms with van der Waals surface area (Å²) in [6.45, 7) is 1.61. The standard InChI is InChI=1S/C51H59N3O7/c1-52-28-32-9-6-10-34(24-32)37-13-12-36(57)27-41(37)45-38-17-20-51(43(61-50(59)48(45)51)25-31(19-22-55)23-30-7-4-3-5-8-30)47-39(38)14-15-40-42(60-49(58)46(40)47)16-11-35(29-56)33-18-21-54-44(26-33)53-2/h3-10,12-13,16,24-25,27,31,33,35,38-39,44,47,52-57H,11,14-15,17-23,26,28-29H2,1-2H3/t31-,33+,35-,38-,39-,44+,47-,51+/m1/s1. The topological polar surface area (TPSA) is 149 Å². The Labute approximate surface area is 358 Å². The van der Waals surface area contributed by atoms with E-state index in [0.717, 1.165) is 71.2 Å². The van der Waals surface area contributed by atoms with E-state index in [1.54, 1.807) is 6.07 Å². The molecule has 2 bridgehead atoms. The number of aromatic hydroxyl groups is 1. The summed E-state index contributed by atoms with van der Waals surface area (Å²) in [6.07, 6.45) is 10.8. The van der Waals surface area contributed by atoms with Crippen LogP contribution in [0.3, 0.4) is 0 Å². The van der Waals surface area contributed by atoms with E-state index in [-0.39, 0.29) is 60.7 Å². The van der Waals surface area contributed by atoms with Crippen LogP contribution in [0.2, 0.25) is 0 Å². The Morgan fingerprint density at radius 3 is 2.54 bits per heavy atom. The Balaban J connectivity index is 1.19. The fraction of sp³-hybridized carbons (Fsp3) is 0.451. The van der Waals surface area contributed by atoms with Crippen LogP contribution in [0.5, 0.6) is 5.75 Å². The number of allylic oxidation sites excluding steroid dienone is 5. The number of cyclic esters (lactones) is 2. The molecule has 1 spiro atoms. The molecule has 3 aromatic rings. The highest BCUT2D eigenvalue weighted by atomic mass is 16.6. The molecule has 3 heterocycles. The lowest BCUT2D eigenvalue weighted by molar-refractivity contribution is -0.135. The van der Waals surface area contributed by atoms with Crippen LogP contribution in [0, 0.1) is 40.9 Å². The lowest BCUT2D eigenvalue weighted by atomic mass is 9.44. The van der Waals surface area contributed by atoms with Gasteiger partial charge in [-0.2, -0.15) is 0 Å². The first-order valence-corrected chi connectivity index (χ1v) is 22.4. The number of nitrogens with one attached hydrogen (secondary N) is 3. The van der Waals surface area contributed by atoms with Crippen LogP contribution in [0.25, 0.3) is 16.7 Å². The highest BCUT2D eigenvalue weighted by Crippen LogP contribution is 2.72. The first-order chi connectivity index (χ1) is 29.8. The molecule has 7 aliphatic rings. The monoisotopic (exact) mass is 825 g/mol. The van der Waals surface area contributed by atoms with Crippen LogP contribution in [-0.4, -0.2) is 67.3 Å². The first-order valence-electron chi connectivity index (χ1n) is 22.4. The molecular weight excluding hydrogens is 767 g/mol. The second-order valence-electron chi connectivity index (χ2n) is 18.0. The Morgan fingerprint density at radius 1 is 0.918 bits per heavy atom. The molecule has 6 N–H and O–H groups in total. The molecule has 1 saturated carbocycles. The van der Waals surface area contributed by atoms with Crippen molar-refractivity contribution in [2.75, 3.05) is 33.9 Å². The summed E-state index contributed by atoms with van der Waals surface area (Å²) in [6, 6.07) is 24.0. The van der Waals surface area contributed by atoms with Gasteiger partial charge in [0.2, 0.25) is 0 Å². The smallest absolute Gasteiger partial charge is 0.340 e. The fourth-order valence-electron chi connectivity index (χ4n) is 12.1. The number of aliphatic hydroxyl groups excluding tert-OH is 2. The second kappa shape index (κ2) is 17.5. The van der Waals surface area contributed by atoms with Gasteiger partial charge in [0.25, 0.3) is 0 Å². The van der Waals surface area contributed by atoms with Gasteiger partial charge in [-0.05, 0) is 172 Å². The molecule has 10 rings (SSSR count).